The van der Waals surface area contributed by atoms with E-state index < -0.39 is 67.4 Å². The van der Waals surface area contributed by atoms with E-state index in [9.17, 15) is 40.2 Å². The van der Waals surface area contributed by atoms with E-state index in [0.717, 1.165) is 48.2 Å². The van der Waals surface area contributed by atoms with E-state index in [2.05, 4.69) is 6.08 Å². The van der Waals surface area contributed by atoms with Gasteiger partial charge < -0.3 is 54.5 Å². The molecule has 10 atom stereocenters. The fourth-order valence-electron chi connectivity index (χ4n) is 7.17. The van der Waals surface area contributed by atoms with Gasteiger partial charge in [-0.1, -0.05) is 29.7 Å². The van der Waals surface area contributed by atoms with Gasteiger partial charge in [0.2, 0.25) is 6.29 Å². The summed E-state index contributed by atoms with van der Waals surface area (Å²) in [6, 6.07) is 0. The van der Waals surface area contributed by atoms with Gasteiger partial charge in [-0.05, 0) is 44.1 Å². The van der Waals surface area contributed by atoms with E-state index in [1.54, 1.807) is 12.3 Å². The van der Waals surface area contributed by atoms with Crippen LogP contribution in [0.5, 0.6) is 0 Å². The van der Waals surface area contributed by atoms with Crippen molar-refractivity contribution in [3.05, 3.63) is 58.6 Å². The minimum absolute atomic E-state index is 0.105. The number of rotatable bonds is 8. The van der Waals surface area contributed by atoms with Crippen LogP contribution in [0.1, 0.15) is 38.5 Å². The highest BCUT2D eigenvalue weighted by molar-refractivity contribution is 5.90. The van der Waals surface area contributed by atoms with Gasteiger partial charge in [0.25, 0.3) is 0 Å². The Morgan fingerprint density at radius 3 is 2.58 bits per heavy atom. The number of aliphatic hydroxyl groups excluding tert-OH is 5. The number of allylic oxidation sites excluding steroid dienone is 2. The van der Waals surface area contributed by atoms with Crippen molar-refractivity contribution in [3.8, 4) is 0 Å². The van der Waals surface area contributed by atoms with Crippen molar-refractivity contribution in [1.29, 1.82) is 0 Å². The molecule has 0 bridgehead atoms. The van der Waals surface area contributed by atoms with Crippen molar-refractivity contribution in [2.24, 2.45) is 17.8 Å². The molecule has 0 spiro atoms. The van der Waals surface area contributed by atoms with Crippen molar-refractivity contribution in [1.82, 2.24) is 0 Å². The summed E-state index contributed by atoms with van der Waals surface area (Å²) in [4.78, 5) is 25.9. The number of nitrogens with one attached hydrogen (secondary N) is 1. The maximum atomic E-state index is 13.2. The highest BCUT2D eigenvalue weighted by atomic mass is 16.8. The number of aliphatic carboxylic acids is 1. The number of carboxylic acids is 1. The number of methoxy groups -OCH3 is 1. The fraction of sp³-hybridized carbons (Fsp3) is 0.625. The molecule has 13 heteroatoms. The van der Waals surface area contributed by atoms with Crippen molar-refractivity contribution >= 4 is 11.9 Å². The number of hydrogen-bond acceptors (Lipinski definition) is 11. The molecule has 1 saturated carbocycles. The molecule has 5 rings (SSSR count). The van der Waals surface area contributed by atoms with Crippen LogP contribution in [0, 0.1) is 17.8 Å². The Morgan fingerprint density at radius 2 is 1.87 bits per heavy atom. The van der Waals surface area contributed by atoms with E-state index in [1.807, 2.05) is 6.08 Å². The molecule has 3 heterocycles. The number of carbonyl (C=O) groups is 2. The summed E-state index contributed by atoms with van der Waals surface area (Å²) < 4.78 is 22.9. The monoisotopic (exact) mass is 634 g/mol. The van der Waals surface area contributed by atoms with Gasteiger partial charge in [-0.2, -0.15) is 0 Å². The molecular formula is C32H44NO12+. The third-order valence-electron chi connectivity index (χ3n) is 9.46. The summed E-state index contributed by atoms with van der Waals surface area (Å²) in [7, 11) is 1.28. The standard InChI is InChI=1S/C32H43NO12/c1-42-30(41)23-16-43-31(45-32-28(38)27(37)26(36)24(15-35)44-32)22-12-19-5-3-2-4-18(19)6-7-20(25(22)23)10-17-11-21(29(39)40)14-33(13-17)8-9-34/h10-12,14,16,18,22,24-28,31-32,34-38H,2-9,13,15H2,1H3,(H,39,40)/p+1. The van der Waals surface area contributed by atoms with Crippen molar-refractivity contribution < 1.29 is 64.1 Å². The summed E-state index contributed by atoms with van der Waals surface area (Å²) in [5.74, 6) is -2.62. The third-order valence-corrected chi connectivity index (χ3v) is 9.46. The molecule has 5 aliphatic rings. The first-order chi connectivity index (χ1) is 21.6. The number of aliphatic hydroxyl groups is 5. The maximum Gasteiger partial charge on any atom is 0.341 e. The molecule has 2 fully saturated rings. The maximum absolute atomic E-state index is 13.2. The number of esters is 1. The zero-order valence-corrected chi connectivity index (χ0v) is 25.3. The molecule has 13 nitrogen and oxygen atoms in total. The van der Waals surface area contributed by atoms with E-state index >= 15 is 0 Å². The van der Waals surface area contributed by atoms with Crippen molar-refractivity contribution in [2.45, 2.75) is 75.5 Å². The molecule has 7 N–H and O–H groups in total. The minimum atomic E-state index is -1.65. The second-order valence-corrected chi connectivity index (χ2v) is 12.3. The first-order valence-corrected chi connectivity index (χ1v) is 15.6. The Bertz CT molecular complexity index is 1270. The van der Waals surface area contributed by atoms with Crippen LogP contribution in [-0.2, 0) is 28.5 Å². The lowest BCUT2D eigenvalue weighted by atomic mass is 9.69. The third kappa shape index (κ3) is 7.26. The van der Waals surface area contributed by atoms with E-state index in [4.69, 9.17) is 18.9 Å². The number of ether oxygens (including phenoxy) is 4. The summed E-state index contributed by atoms with van der Waals surface area (Å²) in [6.07, 6.45) is 5.27. The smallest absolute Gasteiger partial charge is 0.341 e. The summed E-state index contributed by atoms with van der Waals surface area (Å²) in [5.41, 5.74) is 3.15. The predicted molar refractivity (Wildman–Crippen MR) is 156 cm³/mol. The van der Waals surface area contributed by atoms with Crippen LogP contribution in [0.4, 0.5) is 0 Å². The van der Waals surface area contributed by atoms with Crippen LogP contribution in [-0.4, -0.2) is 113 Å². The SMILES string of the molecule is COC(=O)C1=COC(OC2OC(CO)C(O)C(O)C2O)C2C=C3CCCCC3CCC(=CC3=CC(C(=O)O)=C[NH+](CCO)C3)C12. The van der Waals surface area contributed by atoms with Crippen LogP contribution in [0.15, 0.2) is 58.6 Å². The van der Waals surface area contributed by atoms with Gasteiger partial charge in [0, 0.05) is 11.5 Å². The molecule has 2 aliphatic carbocycles. The van der Waals surface area contributed by atoms with Crippen LogP contribution in [0.25, 0.3) is 0 Å². The van der Waals surface area contributed by atoms with Crippen LogP contribution >= 0.6 is 0 Å². The normalized spacial score (nSPS) is 37.8. The summed E-state index contributed by atoms with van der Waals surface area (Å²) in [5, 5.41) is 60.4. The minimum Gasteiger partial charge on any atom is -0.477 e. The first kappa shape index (κ1) is 33.5. The van der Waals surface area contributed by atoms with Crippen LogP contribution in [0.3, 0.4) is 0 Å². The fourth-order valence-corrected chi connectivity index (χ4v) is 7.17. The average molecular weight is 635 g/mol. The lowest BCUT2D eigenvalue weighted by Crippen LogP contribution is -3.08. The summed E-state index contributed by atoms with van der Waals surface area (Å²) in [6.45, 7) is 0.0195. The zero-order chi connectivity index (χ0) is 32.2. The number of hydrogen-bond donors (Lipinski definition) is 7. The Labute approximate surface area is 261 Å². The number of carboxylic acid groups (broad SMARTS) is 1. The summed E-state index contributed by atoms with van der Waals surface area (Å²) >= 11 is 0. The van der Waals surface area contributed by atoms with Gasteiger partial charge in [0.15, 0.2) is 6.29 Å². The lowest BCUT2D eigenvalue weighted by molar-refractivity contribution is -0.842. The van der Waals surface area contributed by atoms with Crippen LogP contribution < -0.4 is 4.90 Å². The van der Waals surface area contributed by atoms with E-state index in [0.29, 0.717) is 19.5 Å². The zero-order valence-electron chi connectivity index (χ0n) is 25.3. The highest BCUT2D eigenvalue weighted by Crippen LogP contribution is 2.46. The molecule has 10 unspecified atom stereocenters. The Balaban J connectivity index is 1.58. The Morgan fingerprint density at radius 1 is 1.07 bits per heavy atom. The molecule has 0 aromatic rings. The molecular weight excluding hydrogens is 590 g/mol. The molecule has 3 aliphatic heterocycles. The van der Waals surface area contributed by atoms with Crippen molar-refractivity contribution in [2.75, 3.05) is 33.4 Å². The lowest BCUT2D eigenvalue weighted by Gasteiger charge is -2.44. The topological polar surface area (TPSA) is 197 Å². The van der Waals surface area contributed by atoms with Gasteiger partial charge in [-0.3, -0.25) is 0 Å². The molecule has 0 aromatic heterocycles. The van der Waals surface area contributed by atoms with Gasteiger partial charge >= 0.3 is 11.9 Å². The molecule has 1 saturated heterocycles. The molecule has 0 radical (unpaired) electrons. The van der Waals surface area contributed by atoms with Crippen molar-refractivity contribution in [3.63, 3.8) is 0 Å². The second kappa shape index (κ2) is 14.7. The predicted octanol–water partition coefficient (Wildman–Crippen LogP) is -0.929. The van der Waals surface area contributed by atoms with Gasteiger partial charge in [0.1, 0.15) is 49.3 Å². The number of quaternary nitrogens is 1. The Hall–Kier alpha value is -2.88. The quantitative estimate of drug-likeness (QED) is 0.128. The van der Waals surface area contributed by atoms with E-state index in [1.165, 1.54) is 18.9 Å². The average Bonchev–Trinajstić information content (AvgIpc) is 3.03. The molecule has 0 amide bonds. The van der Waals surface area contributed by atoms with Gasteiger partial charge in [-0.15, -0.1) is 0 Å². The molecule has 45 heavy (non-hydrogen) atoms. The van der Waals surface area contributed by atoms with E-state index in [-0.39, 0.29) is 23.7 Å². The number of carbonyl (C=O) groups excluding carboxylic acids is 1. The largest absolute Gasteiger partial charge is 0.477 e. The highest BCUT2D eigenvalue weighted by Gasteiger charge is 2.49. The van der Waals surface area contributed by atoms with Crippen LogP contribution in [0.2, 0.25) is 0 Å². The second-order valence-electron chi connectivity index (χ2n) is 12.3. The molecule has 248 valence electrons. The number of fused-ring (bicyclic) bond motifs is 2. The first-order valence-electron chi connectivity index (χ1n) is 15.6. The Kier molecular flexibility index (Phi) is 10.9. The van der Waals surface area contributed by atoms with Gasteiger partial charge in [0.05, 0.1) is 38.1 Å². The van der Waals surface area contributed by atoms with Gasteiger partial charge in [-0.25, -0.2) is 9.59 Å². The molecule has 0 aromatic carbocycles.